The van der Waals surface area contributed by atoms with Crippen LogP contribution in [0.4, 0.5) is 0 Å². The van der Waals surface area contributed by atoms with E-state index in [-0.39, 0.29) is 18.1 Å². The first kappa shape index (κ1) is 17.9. The van der Waals surface area contributed by atoms with E-state index in [0.29, 0.717) is 11.5 Å². The Kier molecular flexibility index (Phi) is 5.85. The first-order chi connectivity index (χ1) is 11.3. The number of nitrogens with one attached hydrogen (secondary N) is 1. The van der Waals surface area contributed by atoms with Gasteiger partial charge in [-0.1, -0.05) is 35.9 Å². The second-order valence-electron chi connectivity index (χ2n) is 6.78. The summed E-state index contributed by atoms with van der Waals surface area (Å²) in [6, 6.07) is 17.0. The molecule has 0 heterocycles. The van der Waals surface area contributed by atoms with Crippen molar-refractivity contribution in [1.29, 1.82) is 0 Å². The van der Waals surface area contributed by atoms with Crippen LogP contribution in [0.15, 0.2) is 54.6 Å². The third-order valence-electron chi connectivity index (χ3n) is 3.23. The van der Waals surface area contributed by atoms with Crippen LogP contribution in [-0.4, -0.2) is 24.2 Å². The third kappa shape index (κ3) is 5.95. The molecule has 4 nitrogen and oxygen atoms in total. The average molecular weight is 327 g/mol. The Morgan fingerprint density at radius 3 is 2.21 bits per heavy atom. The molecule has 0 saturated heterocycles. The fourth-order valence-corrected chi connectivity index (χ4v) is 2.08. The maximum absolute atomic E-state index is 12.5. The molecular formula is C20H25NO3. The largest absolute Gasteiger partial charge is 0.489 e. The van der Waals surface area contributed by atoms with E-state index in [9.17, 15) is 4.79 Å². The molecule has 0 saturated carbocycles. The molecule has 2 rings (SSSR count). The number of rotatable bonds is 6. The van der Waals surface area contributed by atoms with Gasteiger partial charge in [0.05, 0.1) is 0 Å². The lowest BCUT2D eigenvalue weighted by Gasteiger charge is -2.25. The Morgan fingerprint density at radius 1 is 1.00 bits per heavy atom. The van der Waals surface area contributed by atoms with E-state index in [1.807, 2.05) is 82.3 Å². The van der Waals surface area contributed by atoms with Crippen LogP contribution in [-0.2, 0) is 4.79 Å². The van der Waals surface area contributed by atoms with Crippen LogP contribution in [0, 0.1) is 6.92 Å². The van der Waals surface area contributed by atoms with E-state index < -0.39 is 6.10 Å². The molecule has 128 valence electrons. The highest BCUT2D eigenvalue weighted by Gasteiger charge is 2.25. The lowest BCUT2D eigenvalue weighted by Crippen LogP contribution is -2.49. The first-order valence-electron chi connectivity index (χ1n) is 8.07. The van der Waals surface area contributed by atoms with Crippen LogP contribution in [0.1, 0.15) is 26.3 Å². The molecule has 2 aromatic carbocycles. The van der Waals surface area contributed by atoms with E-state index >= 15 is 0 Å². The van der Waals surface area contributed by atoms with Gasteiger partial charge in [-0.25, -0.2) is 0 Å². The summed E-state index contributed by atoms with van der Waals surface area (Å²) in [7, 11) is 0. The zero-order valence-corrected chi connectivity index (χ0v) is 14.7. The number of amides is 1. The summed E-state index contributed by atoms with van der Waals surface area (Å²) >= 11 is 0. The smallest absolute Gasteiger partial charge is 0.265 e. The second kappa shape index (κ2) is 7.86. The van der Waals surface area contributed by atoms with Gasteiger partial charge in [0.15, 0.2) is 0 Å². The zero-order valence-electron chi connectivity index (χ0n) is 14.7. The van der Waals surface area contributed by atoms with Crippen molar-refractivity contribution in [2.45, 2.75) is 39.3 Å². The predicted octanol–water partition coefficient (Wildman–Crippen LogP) is 3.74. The highest BCUT2D eigenvalue weighted by Crippen LogP contribution is 2.16. The molecular weight excluding hydrogens is 302 g/mol. The van der Waals surface area contributed by atoms with Gasteiger partial charge >= 0.3 is 0 Å². The van der Waals surface area contributed by atoms with Crippen molar-refractivity contribution in [1.82, 2.24) is 5.32 Å². The summed E-state index contributed by atoms with van der Waals surface area (Å²) in [5.74, 6) is 1.16. The minimum absolute atomic E-state index is 0.139. The highest BCUT2D eigenvalue weighted by molar-refractivity contribution is 5.82. The molecule has 1 unspecified atom stereocenters. The minimum atomic E-state index is -0.730. The summed E-state index contributed by atoms with van der Waals surface area (Å²) in [6.45, 7) is 7.95. The maximum atomic E-state index is 12.5. The molecule has 0 radical (unpaired) electrons. The van der Waals surface area contributed by atoms with E-state index in [1.54, 1.807) is 0 Å². The molecule has 1 atom stereocenters. The lowest BCUT2D eigenvalue weighted by molar-refractivity contribution is -0.130. The van der Waals surface area contributed by atoms with Crippen molar-refractivity contribution in [3.8, 4) is 11.5 Å². The number of carbonyl (C=O) groups is 1. The van der Waals surface area contributed by atoms with Gasteiger partial charge in [0.1, 0.15) is 18.1 Å². The van der Waals surface area contributed by atoms with Gasteiger partial charge in [-0.3, -0.25) is 4.79 Å². The van der Waals surface area contributed by atoms with E-state index in [4.69, 9.17) is 9.47 Å². The highest BCUT2D eigenvalue weighted by atomic mass is 16.5. The number of hydrogen-bond acceptors (Lipinski definition) is 3. The maximum Gasteiger partial charge on any atom is 0.265 e. The quantitative estimate of drug-likeness (QED) is 0.879. The monoisotopic (exact) mass is 327 g/mol. The number of para-hydroxylation sites is 1. The van der Waals surface area contributed by atoms with Crippen molar-refractivity contribution in [2.75, 3.05) is 6.61 Å². The van der Waals surface area contributed by atoms with Crippen LogP contribution >= 0.6 is 0 Å². The molecule has 0 aromatic heterocycles. The molecule has 4 heteroatoms. The van der Waals surface area contributed by atoms with Gasteiger partial charge in [0, 0.05) is 5.54 Å². The number of ether oxygens (including phenoxy) is 2. The van der Waals surface area contributed by atoms with Crippen molar-refractivity contribution in [2.24, 2.45) is 0 Å². The Balaban J connectivity index is 2.08. The van der Waals surface area contributed by atoms with Crippen molar-refractivity contribution >= 4 is 5.91 Å². The molecule has 24 heavy (non-hydrogen) atoms. The van der Waals surface area contributed by atoms with Gasteiger partial charge in [0.25, 0.3) is 5.91 Å². The number of benzene rings is 2. The molecule has 1 N–H and O–H groups in total. The standard InChI is InChI=1S/C20H25NO3/c1-15-10-12-17(13-11-15)24-18(19(22)21-20(2,3)4)14-23-16-8-6-5-7-9-16/h5-13,18H,14H2,1-4H3,(H,21,22). The van der Waals surface area contributed by atoms with Crippen LogP contribution < -0.4 is 14.8 Å². The Morgan fingerprint density at radius 2 is 1.62 bits per heavy atom. The normalized spacial score (nSPS) is 12.3. The van der Waals surface area contributed by atoms with Crippen molar-refractivity contribution in [3.05, 3.63) is 60.2 Å². The van der Waals surface area contributed by atoms with Crippen LogP contribution in [0.5, 0.6) is 11.5 Å². The summed E-state index contributed by atoms with van der Waals surface area (Å²) in [4.78, 5) is 12.5. The summed E-state index contributed by atoms with van der Waals surface area (Å²) in [5, 5.41) is 2.94. The molecule has 0 aliphatic heterocycles. The zero-order chi connectivity index (χ0) is 17.6. The van der Waals surface area contributed by atoms with Crippen LogP contribution in [0.25, 0.3) is 0 Å². The third-order valence-corrected chi connectivity index (χ3v) is 3.23. The van der Waals surface area contributed by atoms with Gasteiger partial charge in [0.2, 0.25) is 6.10 Å². The Hall–Kier alpha value is -2.49. The van der Waals surface area contributed by atoms with E-state index in [0.717, 1.165) is 5.56 Å². The van der Waals surface area contributed by atoms with Crippen LogP contribution in [0.2, 0.25) is 0 Å². The summed E-state index contributed by atoms with van der Waals surface area (Å²) in [6.07, 6.45) is -0.730. The molecule has 1 amide bonds. The average Bonchev–Trinajstić information content (AvgIpc) is 2.52. The van der Waals surface area contributed by atoms with Gasteiger partial charge in [-0.15, -0.1) is 0 Å². The SMILES string of the molecule is Cc1ccc(OC(COc2ccccc2)C(=O)NC(C)(C)C)cc1. The van der Waals surface area contributed by atoms with Gasteiger partial charge < -0.3 is 14.8 Å². The summed E-state index contributed by atoms with van der Waals surface area (Å²) in [5.41, 5.74) is 0.803. The molecule has 0 aliphatic rings. The molecule has 2 aromatic rings. The van der Waals surface area contributed by atoms with Crippen molar-refractivity contribution in [3.63, 3.8) is 0 Å². The minimum Gasteiger partial charge on any atom is -0.489 e. The number of carbonyl (C=O) groups excluding carboxylic acids is 1. The molecule has 0 aliphatic carbocycles. The van der Waals surface area contributed by atoms with Crippen molar-refractivity contribution < 1.29 is 14.3 Å². The predicted molar refractivity (Wildman–Crippen MR) is 95.4 cm³/mol. The molecule has 0 fully saturated rings. The molecule has 0 spiro atoms. The van der Waals surface area contributed by atoms with Crippen LogP contribution in [0.3, 0.4) is 0 Å². The molecule has 0 bridgehead atoms. The number of hydrogen-bond donors (Lipinski definition) is 1. The van der Waals surface area contributed by atoms with E-state index in [2.05, 4.69) is 5.32 Å². The fraction of sp³-hybridized carbons (Fsp3) is 0.350. The van der Waals surface area contributed by atoms with E-state index in [1.165, 1.54) is 0 Å². The Bertz CT molecular complexity index is 645. The second-order valence-corrected chi connectivity index (χ2v) is 6.78. The fourth-order valence-electron chi connectivity index (χ4n) is 2.08. The lowest BCUT2D eigenvalue weighted by atomic mass is 10.1. The summed E-state index contributed by atoms with van der Waals surface area (Å²) < 4.78 is 11.6. The Labute approximate surface area is 143 Å². The van der Waals surface area contributed by atoms with Gasteiger partial charge in [-0.2, -0.15) is 0 Å². The topological polar surface area (TPSA) is 47.6 Å². The number of aryl methyl sites for hydroxylation is 1. The van der Waals surface area contributed by atoms with Gasteiger partial charge in [-0.05, 0) is 52.0 Å². The first-order valence-corrected chi connectivity index (χ1v) is 8.07.